The number of nitrogens with zero attached hydrogens (tertiary/aromatic N) is 2. The Morgan fingerprint density at radius 2 is 2.13 bits per heavy atom. The van der Waals surface area contributed by atoms with Crippen LogP contribution in [0, 0.1) is 19.8 Å². The Morgan fingerprint density at radius 3 is 2.71 bits per heavy atom. The average molecular weight is 432 g/mol. The lowest BCUT2D eigenvalue weighted by Gasteiger charge is -2.39. The van der Waals surface area contributed by atoms with Crippen LogP contribution in [0.1, 0.15) is 41.3 Å². The molecule has 3 heterocycles. The minimum Gasteiger partial charge on any atom is -0.467 e. The van der Waals surface area contributed by atoms with Crippen LogP contribution in [-0.2, 0) is 10.3 Å². The molecule has 1 aromatic heterocycles. The summed E-state index contributed by atoms with van der Waals surface area (Å²) >= 11 is 0. The fourth-order valence-electron chi connectivity index (χ4n) is 4.62. The van der Waals surface area contributed by atoms with Gasteiger partial charge in [0.2, 0.25) is 0 Å². The van der Waals surface area contributed by atoms with E-state index in [9.17, 15) is 13.6 Å². The first-order chi connectivity index (χ1) is 14.7. The quantitative estimate of drug-likeness (QED) is 0.757. The summed E-state index contributed by atoms with van der Waals surface area (Å²) in [7, 11) is 1.60. The second-order valence-corrected chi connectivity index (χ2v) is 8.21. The zero-order valence-corrected chi connectivity index (χ0v) is 17.7. The normalized spacial score (nSPS) is 26.5. The SMILES string of the molecule is Cc1coc(C2CC(C3(c4ccc(OC(F)F)c(C)c4)N=C(N)N(C)C3=O)CCN2)c1. The molecular weight excluding hydrogens is 406 g/mol. The molecule has 0 spiro atoms. The second kappa shape index (κ2) is 7.96. The van der Waals surface area contributed by atoms with E-state index in [1.165, 1.54) is 11.0 Å². The summed E-state index contributed by atoms with van der Waals surface area (Å²) in [5.41, 5.74) is 6.98. The highest BCUT2D eigenvalue weighted by Gasteiger charge is 2.54. The molecule has 4 rings (SSSR count). The Morgan fingerprint density at radius 1 is 1.35 bits per heavy atom. The third-order valence-corrected chi connectivity index (χ3v) is 6.19. The highest BCUT2D eigenvalue weighted by atomic mass is 19.3. The van der Waals surface area contributed by atoms with Gasteiger partial charge >= 0.3 is 6.61 Å². The maximum absolute atomic E-state index is 13.5. The standard InChI is InChI=1S/C22H26F2N4O3/c1-12-8-18(30-11-12)16-10-15(6-7-26-16)22(19(29)28(3)21(25)27-22)14-4-5-17(13(2)9-14)31-20(23)24/h4-5,8-9,11,15-16,20,26H,6-7,10H2,1-3H3,(H2,25,27). The third kappa shape index (κ3) is 3.67. The van der Waals surface area contributed by atoms with Crippen molar-refractivity contribution in [2.75, 3.05) is 13.6 Å². The summed E-state index contributed by atoms with van der Waals surface area (Å²) in [4.78, 5) is 19.5. The maximum atomic E-state index is 13.5. The number of guanidine groups is 1. The number of aryl methyl sites for hydroxylation is 2. The number of nitrogens with one attached hydrogen (secondary N) is 1. The monoisotopic (exact) mass is 432 g/mol. The molecule has 1 amide bonds. The van der Waals surface area contributed by atoms with Crippen LogP contribution in [0.5, 0.6) is 5.75 Å². The molecule has 1 saturated heterocycles. The van der Waals surface area contributed by atoms with Gasteiger partial charge in [-0.15, -0.1) is 0 Å². The Hall–Kier alpha value is -2.94. The van der Waals surface area contributed by atoms with Crippen LogP contribution in [0.3, 0.4) is 0 Å². The molecule has 166 valence electrons. The van der Waals surface area contributed by atoms with Crippen LogP contribution in [-0.4, -0.2) is 37.0 Å². The van der Waals surface area contributed by atoms with Crippen molar-refractivity contribution in [3.8, 4) is 5.75 Å². The fraction of sp³-hybridized carbons (Fsp3) is 0.455. The molecule has 1 aromatic carbocycles. The molecule has 3 unspecified atom stereocenters. The van der Waals surface area contributed by atoms with Gasteiger partial charge in [-0.1, -0.05) is 6.07 Å². The summed E-state index contributed by atoms with van der Waals surface area (Å²) in [5.74, 6) is 0.623. The summed E-state index contributed by atoms with van der Waals surface area (Å²) in [6, 6.07) is 6.70. The molecule has 31 heavy (non-hydrogen) atoms. The van der Waals surface area contributed by atoms with Gasteiger partial charge in [0.05, 0.1) is 12.3 Å². The van der Waals surface area contributed by atoms with Gasteiger partial charge in [0.25, 0.3) is 5.91 Å². The number of amides is 1. The highest BCUT2D eigenvalue weighted by molar-refractivity contribution is 6.07. The molecule has 1 fully saturated rings. The number of ether oxygens (including phenoxy) is 1. The molecule has 7 nitrogen and oxygen atoms in total. The van der Waals surface area contributed by atoms with Crippen molar-refractivity contribution in [2.45, 2.75) is 44.9 Å². The van der Waals surface area contributed by atoms with E-state index in [0.29, 0.717) is 30.5 Å². The number of carbonyl (C=O) groups is 1. The number of furan rings is 1. The molecule has 2 aromatic rings. The lowest BCUT2D eigenvalue weighted by atomic mass is 9.71. The lowest BCUT2D eigenvalue weighted by Crippen LogP contribution is -2.48. The average Bonchev–Trinajstić information content (AvgIpc) is 3.27. The maximum Gasteiger partial charge on any atom is 0.387 e. The molecular formula is C22H26F2N4O3. The van der Waals surface area contributed by atoms with Crippen molar-refractivity contribution < 1.29 is 22.7 Å². The van der Waals surface area contributed by atoms with Gasteiger partial charge in [-0.05, 0) is 68.1 Å². The van der Waals surface area contributed by atoms with Crippen LogP contribution in [0.2, 0.25) is 0 Å². The molecule has 3 atom stereocenters. The number of alkyl halides is 2. The van der Waals surface area contributed by atoms with Gasteiger partial charge in [-0.2, -0.15) is 8.78 Å². The van der Waals surface area contributed by atoms with Crippen LogP contribution < -0.4 is 15.8 Å². The van der Waals surface area contributed by atoms with Gasteiger partial charge in [-0.25, -0.2) is 4.99 Å². The number of likely N-dealkylation sites (N-methyl/N-ethyl adjacent to an activating group) is 1. The third-order valence-electron chi connectivity index (χ3n) is 6.19. The van der Waals surface area contributed by atoms with Gasteiger partial charge in [0.15, 0.2) is 11.5 Å². The number of carbonyl (C=O) groups excluding carboxylic acids is 1. The van der Waals surface area contributed by atoms with E-state index in [1.54, 1.807) is 32.4 Å². The molecule has 0 radical (unpaired) electrons. The van der Waals surface area contributed by atoms with Crippen LogP contribution in [0.4, 0.5) is 8.78 Å². The van der Waals surface area contributed by atoms with E-state index in [4.69, 9.17) is 10.2 Å². The van der Waals surface area contributed by atoms with E-state index in [-0.39, 0.29) is 29.6 Å². The van der Waals surface area contributed by atoms with Crippen molar-refractivity contribution in [3.05, 3.63) is 53.0 Å². The van der Waals surface area contributed by atoms with E-state index in [1.807, 2.05) is 13.0 Å². The first kappa shape index (κ1) is 21.3. The van der Waals surface area contributed by atoms with Gasteiger partial charge in [0, 0.05) is 13.0 Å². The molecule has 9 heteroatoms. The predicted molar refractivity (Wildman–Crippen MR) is 111 cm³/mol. The van der Waals surface area contributed by atoms with E-state index in [2.05, 4.69) is 15.0 Å². The molecule has 0 bridgehead atoms. The van der Waals surface area contributed by atoms with Crippen LogP contribution >= 0.6 is 0 Å². The summed E-state index contributed by atoms with van der Waals surface area (Å²) in [6.45, 7) is 1.38. The zero-order chi connectivity index (χ0) is 22.3. The van der Waals surface area contributed by atoms with E-state index >= 15 is 0 Å². The van der Waals surface area contributed by atoms with Gasteiger partial charge in [0.1, 0.15) is 11.5 Å². The van der Waals surface area contributed by atoms with Crippen LogP contribution in [0.15, 0.2) is 39.9 Å². The van der Waals surface area contributed by atoms with Gasteiger partial charge in [-0.3, -0.25) is 9.69 Å². The van der Waals surface area contributed by atoms with Crippen molar-refractivity contribution in [1.29, 1.82) is 0 Å². The largest absolute Gasteiger partial charge is 0.467 e. The predicted octanol–water partition coefficient (Wildman–Crippen LogP) is 3.22. The Balaban J connectivity index is 1.75. The number of nitrogens with two attached hydrogens (primary N) is 1. The van der Waals surface area contributed by atoms with E-state index in [0.717, 1.165) is 11.3 Å². The lowest BCUT2D eigenvalue weighted by molar-refractivity contribution is -0.133. The number of piperidine rings is 1. The first-order valence-corrected chi connectivity index (χ1v) is 10.2. The Kier molecular flexibility index (Phi) is 5.47. The molecule has 2 aliphatic rings. The highest BCUT2D eigenvalue weighted by Crippen LogP contribution is 2.47. The van der Waals surface area contributed by atoms with Crippen molar-refractivity contribution >= 4 is 11.9 Å². The number of halogens is 2. The molecule has 3 N–H and O–H groups in total. The summed E-state index contributed by atoms with van der Waals surface area (Å²) in [5, 5.41) is 3.45. The minimum atomic E-state index is -2.92. The first-order valence-electron chi connectivity index (χ1n) is 10.2. The van der Waals surface area contributed by atoms with Gasteiger partial charge < -0.3 is 20.2 Å². The molecule has 0 aliphatic carbocycles. The zero-order valence-electron chi connectivity index (χ0n) is 17.7. The molecule has 2 aliphatic heterocycles. The number of aliphatic imine (C=N–C) groups is 1. The van der Waals surface area contributed by atoms with Crippen molar-refractivity contribution in [1.82, 2.24) is 10.2 Å². The topological polar surface area (TPSA) is 93.1 Å². The van der Waals surface area contributed by atoms with Crippen LogP contribution in [0.25, 0.3) is 0 Å². The number of benzene rings is 1. The smallest absolute Gasteiger partial charge is 0.387 e. The Labute approximate surface area is 179 Å². The number of hydrogen-bond acceptors (Lipinski definition) is 6. The van der Waals surface area contributed by atoms with Crippen molar-refractivity contribution in [2.24, 2.45) is 16.6 Å². The number of hydrogen-bond donors (Lipinski definition) is 2. The Bertz CT molecular complexity index is 1020. The minimum absolute atomic E-state index is 0.0676. The van der Waals surface area contributed by atoms with Crippen molar-refractivity contribution in [3.63, 3.8) is 0 Å². The fourth-order valence-corrected chi connectivity index (χ4v) is 4.62. The molecule has 0 saturated carbocycles. The summed E-state index contributed by atoms with van der Waals surface area (Å²) < 4.78 is 35.7. The number of rotatable bonds is 5. The summed E-state index contributed by atoms with van der Waals surface area (Å²) in [6.07, 6.45) is 3.00. The van der Waals surface area contributed by atoms with E-state index < -0.39 is 12.2 Å². The second-order valence-electron chi connectivity index (χ2n) is 8.21.